The predicted molar refractivity (Wildman–Crippen MR) is 139 cm³/mol. The molecule has 0 aliphatic rings. The van der Waals surface area contributed by atoms with E-state index < -0.39 is 0 Å². The number of nitrogens with one attached hydrogen (secondary N) is 3. The van der Waals surface area contributed by atoms with Crippen LogP contribution in [0.15, 0.2) is 36.4 Å². The van der Waals surface area contributed by atoms with Crippen molar-refractivity contribution in [3.05, 3.63) is 58.7 Å². The van der Waals surface area contributed by atoms with Crippen LogP contribution in [-0.4, -0.2) is 26.2 Å². The molecule has 0 bridgehead atoms. The minimum absolute atomic E-state index is 0. The molecule has 0 aliphatic heterocycles. The minimum Gasteiger partial charge on any atom is -1.00 e. The number of rotatable bonds is 12. The topological polar surface area (TPSA) is 36.1 Å². The molecule has 34 heavy (non-hydrogen) atoms. The first-order valence-corrected chi connectivity index (χ1v) is 12.2. The summed E-state index contributed by atoms with van der Waals surface area (Å²) in [5, 5.41) is 11.0. The molecule has 0 amide bonds. The Kier molecular flexibility index (Phi) is 18.5. The third-order valence-corrected chi connectivity index (χ3v) is 5.95. The van der Waals surface area contributed by atoms with Crippen molar-refractivity contribution in [2.45, 2.75) is 79.1 Å². The van der Waals surface area contributed by atoms with Gasteiger partial charge in [0, 0.05) is 37.6 Å². The van der Waals surface area contributed by atoms with Crippen LogP contribution in [0, 0.1) is 0 Å². The van der Waals surface area contributed by atoms with Crippen LogP contribution in [0.4, 0.5) is 11.4 Å². The summed E-state index contributed by atoms with van der Waals surface area (Å²) < 4.78 is 0. The molecular formula is C28H45AgCl2N3. The van der Waals surface area contributed by atoms with E-state index in [2.05, 4.69) is 108 Å². The standard InChI is InChI=1S/C28H45N3.Ag.2ClH/c1-19(2)23-11-9-12-24(20(3)4)27(23)30-17-15-29-16-18-31-28-25(21(5)6)13-10-14-26(28)22(7)8;;;/h9-14,19-22,29-31H,15-18H2,1-8H3;;2*1H/q;+2;;/p-2. The molecule has 0 spiro atoms. The fourth-order valence-corrected chi connectivity index (χ4v) is 4.19. The number of benzene rings is 2. The minimum atomic E-state index is 0. The summed E-state index contributed by atoms with van der Waals surface area (Å²) in [6, 6.07) is 13.4. The Morgan fingerprint density at radius 3 is 1.00 bits per heavy atom. The fraction of sp³-hybridized carbons (Fsp3) is 0.571. The molecule has 6 heteroatoms. The third-order valence-electron chi connectivity index (χ3n) is 5.95. The molecule has 0 aromatic heterocycles. The van der Waals surface area contributed by atoms with Crippen molar-refractivity contribution in [3.63, 3.8) is 0 Å². The van der Waals surface area contributed by atoms with Crippen molar-refractivity contribution in [2.24, 2.45) is 0 Å². The average molecular weight is 602 g/mol. The van der Waals surface area contributed by atoms with E-state index in [-0.39, 0.29) is 47.2 Å². The van der Waals surface area contributed by atoms with Gasteiger partial charge in [0.15, 0.2) is 0 Å². The summed E-state index contributed by atoms with van der Waals surface area (Å²) in [4.78, 5) is 0. The van der Waals surface area contributed by atoms with Crippen LogP contribution in [0.3, 0.4) is 0 Å². The first kappa shape index (κ1) is 35.5. The van der Waals surface area contributed by atoms with Gasteiger partial charge in [-0.1, -0.05) is 91.8 Å². The molecule has 2 aromatic carbocycles. The van der Waals surface area contributed by atoms with Gasteiger partial charge in [0.05, 0.1) is 0 Å². The molecule has 197 valence electrons. The van der Waals surface area contributed by atoms with Crippen LogP contribution in [0.5, 0.6) is 0 Å². The maximum absolute atomic E-state index is 3.72. The molecule has 0 saturated heterocycles. The number of hydrogen-bond acceptors (Lipinski definition) is 3. The van der Waals surface area contributed by atoms with Gasteiger partial charge in [0.2, 0.25) is 0 Å². The normalized spacial score (nSPS) is 10.7. The van der Waals surface area contributed by atoms with E-state index in [0.717, 1.165) is 26.2 Å². The van der Waals surface area contributed by atoms with Crippen LogP contribution >= 0.6 is 0 Å². The number of hydrogen-bond donors (Lipinski definition) is 3. The summed E-state index contributed by atoms with van der Waals surface area (Å²) in [5.74, 6) is 2.09. The van der Waals surface area contributed by atoms with Gasteiger partial charge >= 0.3 is 22.4 Å². The van der Waals surface area contributed by atoms with Crippen molar-refractivity contribution in [1.82, 2.24) is 5.32 Å². The maximum atomic E-state index is 3.72. The van der Waals surface area contributed by atoms with E-state index in [1.165, 1.54) is 33.6 Å². The van der Waals surface area contributed by atoms with Gasteiger partial charge in [-0.2, -0.15) is 0 Å². The molecule has 0 heterocycles. The van der Waals surface area contributed by atoms with Gasteiger partial charge in [-0.15, -0.1) is 0 Å². The predicted octanol–water partition coefficient (Wildman–Crippen LogP) is 1.30. The average Bonchev–Trinajstić information content (AvgIpc) is 2.72. The SMILES string of the molecule is CC(C)c1cccc(C(C)C)c1NCCNCCNc1c(C(C)C)cccc1C(C)C.[Ag+2].[Cl-].[Cl-]. The van der Waals surface area contributed by atoms with E-state index in [1.54, 1.807) is 0 Å². The van der Waals surface area contributed by atoms with Crippen LogP contribution in [0.1, 0.15) is 101 Å². The quantitative estimate of drug-likeness (QED) is 0.254. The molecule has 0 atom stereocenters. The van der Waals surface area contributed by atoms with E-state index in [9.17, 15) is 0 Å². The molecule has 3 N–H and O–H groups in total. The van der Waals surface area contributed by atoms with Crippen LogP contribution in [0.25, 0.3) is 0 Å². The zero-order valence-corrected chi connectivity index (χ0v) is 25.2. The molecule has 3 nitrogen and oxygen atoms in total. The maximum Gasteiger partial charge on any atom is 2.00 e. The zero-order valence-electron chi connectivity index (χ0n) is 22.2. The zero-order chi connectivity index (χ0) is 23.0. The van der Waals surface area contributed by atoms with Crippen LogP contribution < -0.4 is 40.8 Å². The van der Waals surface area contributed by atoms with Crippen molar-refractivity contribution in [3.8, 4) is 0 Å². The van der Waals surface area contributed by atoms with Gasteiger partial charge in [0.25, 0.3) is 0 Å². The van der Waals surface area contributed by atoms with Crippen molar-refractivity contribution >= 4 is 11.4 Å². The first-order valence-electron chi connectivity index (χ1n) is 12.2. The first-order chi connectivity index (χ1) is 14.7. The molecule has 0 unspecified atom stereocenters. The third kappa shape index (κ3) is 10.1. The Morgan fingerprint density at radius 1 is 0.500 bits per heavy atom. The molecular weight excluding hydrogens is 557 g/mol. The van der Waals surface area contributed by atoms with E-state index in [4.69, 9.17) is 0 Å². The molecule has 0 saturated carbocycles. The van der Waals surface area contributed by atoms with E-state index >= 15 is 0 Å². The Labute approximate surface area is 237 Å². The summed E-state index contributed by atoms with van der Waals surface area (Å²) in [7, 11) is 0. The Hall–Kier alpha value is -0.680. The van der Waals surface area contributed by atoms with E-state index in [1.807, 2.05) is 0 Å². The van der Waals surface area contributed by atoms with Crippen molar-refractivity contribution < 1.29 is 47.2 Å². The van der Waals surface area contributed by atoms with Gasteiger partial charge in [-0.05, 0) is 45.9 Å². The van der Waals surface area contributed by atoms with Gasteiger partial charge in [-0.3, -0.25) is 0 Å². The molecule has 2 aromatic rings. The monoisotopic (exact) mass is 600 g/mol. The molecule has 0 fully saturated rings. The largest absolute Gasteiger partial charge is 2.00 e. The second kappa shape index (κ2) is 17.7. The van der Waals surface area contributed by atoms with Gasteiger partial charge in [-0.25, -0.2) is 0 Å². The Balaban J connectivity index is 0. The van der Waals surface area contributed by atoms with Crippen molar-refractivity contribution in [2.75, 3.05) is 36.8 Å². The summed E-state index contributed by atoms with van der Waals surface area (Å²) >= 11 is 0. The Morgan fingerprint density at radius 2 is 0.765 bits per heavy atom. The van der Waals surface area contributed by atoms with Gasteiger partial charge < -0.3 is 40.8 Å². The number of para-hydroxylation sites is 2. The summed E-state index contributed by atoms with van der Waals surface area (Å²) in [6.07, 6.45) is 0. The van der Waals surface area contributed by atoms with Gasteiger partial charge in [0.1, 0.15) is 0 Å². The summed E-state index contributed by atoms with van der Waals surface area (Å²) in [5.41, 5.74) is 8.33. The second-order valence-electron chi connectivity index (χ2n) is 9.85. The molecule has 1 radical (unpaired) electrons. The molecule has 0 aliphatic carbocycles. The Bertz CT molecular complexity index is 703. The summed E-state index contributed by atoms with van der Waals surface area (Å²) in [6.45, 7) is 22.0. The van der Waals surface area contributed by atoms with Crippen LogP contribution in [0.2, 0.25) is 0 Å². The number of anilines is 2. The second-order valence-corrected chi connectivity index (χ2v) is 9.85. The van der Waals surface area contributed by atoms with Crippen molar-refractivity contribution in [1.29, 1.82) is 0 Å². The smallest absolute Gasteiger partial charge is 1.00 e. The molecule has 2 rings (SSSR count). The van der Waals surface area contributed by atoms with Crippen LogP contribution in [-0.2, 0) is 22.4 Å². The fourth-order valence-electron chi connectivity index (χ4n) is 4.19. The number of halogens is 2. The van der Waals surface area contributed by atoms with E-state index in [0.29, 0.717) is 23.7 Å².